The van der Waals surface area contributed by atoms with E-state index in [9.17, 15) is 0 Å². The standard InChI is InChI=1S/C18H28/c1-4-5-13-17(2)14-9-10-15-18(17,3)16-11-7-6-8-12-16/h6-8,11-12H,4-5,9-10,13-15H2,1-3H3/t17-,18-/m1/s1. The van der Waals surface area contributed by atoms with E-state index in [1.165, 1.54) is 44.9 Å². The van der Waals surface area contributed by atoms with Gasteiger partial charge >= 0.3 is 0 Å². The van der Waals surface area contributed by atoms with Gasteiger partial charge in [-0.15, -0.1) is 0 Å². The molecule has 0 heterocycles. The Morgan fingerprint density at radius 2 is 1.67 bits per heavy atom. The zero-order valence-electron chi connectivity index (χ0n) is 12.3. The summed E-state index contributed by atoms with van der Waals surface area (Å²) in [6.07, 6.45) is 9.65. The maximum Gasteiger partial charge on any atom is -0.00215 e. The van der Waals surface area contributed by atoms with Gasteiger partial charge in [-0.25, -0.2) is 0 Å². The van der Waals surface area contributed by atoms with E-state index < -0.39 is 0 Å². The molecule has 1 aliphatic rings. The van der Waals surface area contributed by atoms with Gasteiger partial charge in [0.25, 0.3) is 0 Å². The number of hydrogen-bond acceptors (Lipinski definition) is 0. The summed E-state index contributed by atoms with van der Waals surface area (Å²) < 4.78 is 0. The minimum Gasteiger partial charge on any atom is -0.0654 e. The third kappa shape index (κ3) is 2.35. The molecular formula is C18H28. The fourth-order valence-electron chi connectivity index (χ4n) is 3.84. The van der Waals surface area contributed by atoms with Crippen LogP contribution in [0.15, 0.2) is 30.3 Å². The number of hydrogen-bond donors (Lipinski definition) is 0. The second kappa shape index (κ2) is 5.47. The van der Waals surface area contributed by atoms with Crippen molar-refractivity contribution < 1.29 is 0 Å². The van der Waals surface area contributed by atoms with Crippen molar-refractivity contribution in [3.05, 3.63) is 35.9 Å². The summed E-state index contributed by atoms with van der Waals surface area (Å²) in [5.74, 6) is 0. The van der Waals surface area contributed by atoms with E-state index in [1.807, 2.05) is 0 Å². The first-order valence-electron chi connectivity index (χ1n) is 7.68. The van der Waals surface area contributed by atoms with Crippen molar-refractivity contribution in [3.63, 3.8) is 0 Å². The van der Waals surface area contributed by atoms with Crippen LogP contribution in [-0.2, 0) is 5.41 Å². The fourth-order valence-corrected chi connectivity index (χ4v) is 3.84. The maximum atomic E-state index is 2.54. The lowest BCUT2D eigenvalue weighted by Crippen LogP contribution is -2.44. The average molecular weight is 244 g/mol. The van der Waals surface area contributed by atoms with Crippen LogP contribution in [0.4, 0.5) is 0 Å². The van der Waals surface area contributed by atoms with Crippen molar-refractivity contribution in [1.82, 2.24) is 0 Å². The van der Waals surface area contributed by atoms with Crippen molar-refractivity contribution in [1.29, 1.82) is 0 Å². The van der Waals surface area contributed by atoms with Gasteiger partial charge in [-0.3, -0.25) is 0 Å². The van der Waals surface area contributed by atoms with Gasteiger partial charge in [0.1, 0.15) is 0 Å². The summed E-state index contributed by atoms with van der Waals surface area (Å²) in [6.45, 7) is 7.36. The van der Waals surface area contributed by atoms with Crippen molar-refractivity contribution >= 4 is 0 Å². The first-order valence-corrected chi connectivity index (χ1v) is 7.68. The van der Waals surface area contributed by atoms with Gasteiger partial charge in [-0.1, -0.05) is 76.8 Å². The third-order valence-electron chi connectivity index (χ3n) is 5.48. The molecule has 1 aromatic rings. The SMILES string of the molecule is CCCC[C@]1(C)CCCC[C@]1(C)c1ccccc1. The summed E-state index contributed by atoms with van der Waals surface area (Å²) in [7, 11) is 0. The Hall–Kier alpha value is -0.780. The molecule has 0 unspecified atom stereocenters. The molecule has 0 aromatic heterocycles. The lowest BCUT2D eigenvalue weighted by atomic mass is 9.53. The zero-order valence-corrected chi connectivity index (χ0v) is 12.3. The minimum atomic E-state index is 0.377. The van der Waals surface area contributed by atoms with E-state index in [0.717, 1.165) is 0 Å². The topological polar surface area (TPSA) is 0 Å². The van der Waals surface area contributed by atoms with E-state index in [-0.39, 0.29) is 0 Å². The van der Waals surface area contributed by atoms with Gasteiger partial charge in [0.2, 0.25) is 0 Å². The molecule has 0 bridgehead atoms. The Labute approximate surface area is 113 Å². The molecule has 2 rings (SSSR count). The molecule has 0 amide bonds. The average Bonchev–Trinajstić information content (AvgIpc) is 2.41. The molecule has 2 atom stereocenters. The molecule has 100 valence electrons. The van der Waals surface area contributed by atoms with Crippen molar-refractivity contribution in [2.45, 2.75) is 71.1 Å². The first-order chi connectivity index (χ1) is 8.62. The van der Waals surface area contributed by atoms with E-state index in [1.54, 1.807) is 5.56 Å². The molecule has 18 heavy (non-hydrogen) atoms. The number of unbranched alkanes of at least 4 members (excludes halogenated alkanes) is 1. The molecule has 1 fully saturated rings. The molecule has 0 spiro atoms. The lowest BCUT2D eigenvalue weighted by Gasteiger charge is -2.51. The van der Waals surface area contributed by atoms with Crippen LogP contribution < -0.4 is 0 Å². The van der Waals surface area contributed by atoms with Crippen LogP contribution in [0.2, 0.25) is 0 Å². The predicted octanol–water partition coefficient (Wildman–Crippen LogP) is 5.71. The van der Waals surface area contributed by atoms with Crippen LogP contribution in [0.5, 0.6) is 0 Å². The highest BCUT2D eigenvalue weighted by atomic mass is 14.5. The number of benzene rings is 1. The molecule has 1 aromatic carbocycles. The molecule has 0 aliphatic heterocycles. The zero-order chi connectivity index (χ0) is 13.1. The summed E-state index contributed by atoms with van der Waals surface area (Å²) in [5, 5.41) is 0. The smallest absolute Gasteiger partial charge is 0.00215 e. The van der Waals surface area contributed by atoms with E-state index >= 15 is 0 Å². The van der Waals surface area contributed by atoms with Crippen LogP contribution in [0.1, 0.15) is 71.3 Å². The summed E-state index contributed by atoms with van der Waals surface area (Å²) in [4.78, 5) is 0. The Kier molecular flexibility index (Phi) is 4.14. The van der Waals surface area contributed by atoms with Gasteiger partial charge < -0.3 is 0 Å². The Morgan fingerprint density at radius 1 is 1.00 bits per heavy atom. The molecule has 0 heteroatoms. The molecule has 0 radical (unpaired) electrons. The Balaban J connectivity index is 2.31. The van der Waals surface area contributed by atoms with Gasteiger partial charge in [-0.2, -0.15) is 0 Å². The predicted molar refractivity (Wildman–Crippen MR) is 79.9 cm³/mol. The highest BCUT2D eigenvalue weighted by Gasteiger charge is 2.46. The van der Waals surface area contributed by atoms with Gasteiger partial charge in [-0.05, 0) is 35.7 Å². The van der Waals surface area contributed by atoms with Crippen molar-refractivity contribution in [2.75, 3.05) is 0 Å². The van der Waals surface area contributed by atoms with Crippen LogP contribution in [-0.4, -0.2) is 0 Å². The van der Waals surface area contributed by atoms with Crippen LogP contribution in [0, 0.1) is 5.41 Å². The lowest BCUT2D eigenvalue weighted by molar-refractivity contribution is 0.0750. The molecule has 0 nitrogen and oxygen atoms in total. The second-order valence-corrected chi connectivity index (χ2v) is 6.57. The van der Waals surface area contributed by atoms with Gasteiger partial charge in [0.15, 0.2) is 0 Å². The normalized spacial score (nSPS) is 32.4. The maximum absolute atomic E-state index is 2.54. The van der Waals surface area contributed by atoms with Crippen LogP contribution >= 0.6 is 0 Å². The fraction of sp³-hybridized carbons (Fsp3) is 0.667. The second-order valence-electron chi connectivity index (χ2n) is 6.57. The highest BCUT2D eigenvalue weighted by Crippen LogP contribution is 2.54. The Bertz CT molecular complexity index is 367. The van der Waals surface area contributed by atoms with E-state index in [2.05, 4.69) is 51.1 Å². The molecule has 1 saturated carbocycles. The molecule has 0 N–H and O–H groups in total. The van der Waals surface area contributed by atoms with E-state index in [4.69, 9.17) is 0 Å². The third-order valence-corrected chi connectivity index (χ3v) is 5.48. The van der Waals surface area contributed by atoms with Crippen LogP contribution in [0.3, 0.4) is 0 Å². The largest absolute Gasteiger partial charge is 0.0654 e. The summed E-state index contributed by atoms with van der Waals surface area (Å²) in [5.41, 5.74) is 2.42. The quantitative estimate of drug-likeness (QED) is 0.636. The Morgan fingerprint density at radius 3 is 2.33 bits per heavy atom. The molecule has 0 saturated heterocycles. The van der Waals surface area contributed by atoms with Gasteiger partial charge in [0, 0.05) is 0 Å². The van der Waals surface area contributed by atoms with Crippen LogP contribution in [0.25, 0.3) is 0 Å². The summed E-state index contributed by atoms with van der Waals surface area (Å²) in [6, 6.07) is 11.2. The van der Waals surface area contributed by atoms with Gasteiger partial charge in [0.05, 0.1) is 0 Å². The number of rotatable bonds is 4. The molecular weight excluding hydrogens is 216 g/mol. The van der Waals surface area contributed by atoms with E-state index in [0.29, 0.717) is 10.8 Å². The monoisotopic (exact) mass is 244 g/mol. The van der Waals surface area contributed by atoms with Crippen molar-refractivity contribution in [2.24, 2.45) is 5.41 Å². The minimum absolute atomic E-state index is 0.377. The summed E-state index contributed by atoms with van der Waals surface area (Å²) >= 11 is 0. The highest BCUT2D eigenvalue weighted by molar-refractivity contribution is 5.28. The molecule has 1 aliphatic carbocycles. The van der Waals surface area contributed by atoms with Crippen molar-refractivity contribution in [3.8, 4) is 0 Å². The first kappa shape index (κ1) is 13.6.